The van der Waals surface area contributed by atoms with Gasteiger partial charge in [-0.25, -0.2) is 14.4 Å². The number of aliphatic hydroxyl groups excluding tert-OH is 2. The molecule has 1 aliphatic rings. The van der Waals surface area contributed by atoms with Gasteiger partial charge in [-0.2, -0.15) is 9.97 Å². The first kappa shape index (κ1) is 23.2. The molecule has 1 aliphatic heterocycles. The van der Waals surface area contributed by atoms with E-state index in [2.05, 4.69) is 19.9 Å². The molecule has 10 nitrogen and oxygen atoms in total. The van der Waals surface area contributed by atoms with Crippen LogP contribution >= 0.6 is 0 Å². The minimum absolute atomic E-state index is 0.0793. The molecule has 176 valence electrons. The normalized spacial score (nSPS) is 16.6. The highest BCUT2D eigenvalue weighted by atomic mass is 32.2. The number of hydrogen-bond donors (Lipinski definition) is 2. The van der Waals surface area contributed by atoms with Crippen molar-refractivity contribution in [1.82, 2.24) is 19.9 Å². The zero-order valence-corrected chi connectivity index (χ0v) is 19.1. The quantitative estimate of drug-likeness (QED) is 0.481. The van der Waals surface area contributed by atoms with Crippen LogP contribution in [0.5, 0.6) is 5.88 Å². The number of benzene rings is 1. The number of nitrogens with zero attached hydrogens (tertiary/aromatic N) is 6. The maximum absolute atomic E-state index is 13.2. The molecule has 0 bridgehead atoms. The fraction of sp³-hybridized carbons (Fsp3) is 0.429. The lowest BCUT2D eigenvalue weighted by atomic mass is 10.2. The van der Waals surface area contributed by atoms with Gasteiger partial charge in [0.25, 0.3) is 0 Å². The summed E-state index contributed by atoms with van der Waals surface area (Å²) in [5.74, 6) is 1.40. The molecule has 1 fully saturated rings. The number of aromatic nitrogens is 4. The van der Waals surface area contributed by atoms with Crippen molar-refractivity contribution >= 4 is 33.6 Å². The fourth-order valence-corrected chi connectivity index (χ4v) is 4.62. The van der Waals surface area contributed by atoms with E-state index < -0.39 is 23.3 Å². The molecule has 12 heteroatoms. The van der Waals surface area contributed by atoms with Crippen LogP contribution in [0.1, 0.15) is 19.4 Å². The van der Waals surface area contributed by atoms with Gasteiger partial charge in [0.05, 0.1) is 0 Å². The number of anilines is 2. The third-order valence-corrected chi connectivity index (χ3v) is 6.50. The lowest BCUT2D eigenvalue weighted by molar-refractivity contribution is 0.103. The number of fused-ring (bicyclic) bond motifs is 1. The van der Waals surface area contributed by atoms with Crippen LogP contribution in [0.25, 0.3) is 11.0 Å². The number of aliphatic hydroxyl groups is 2. The Kier molecular flexibility index (Phi) is 6.96. The van der Waals surface area contributed by atoms with E-state index in [9.17, 15) is 18.8 Å². The Morgan fingerprint density at radius 3 is 2.39 bits per heavy atom. The van der Waals surface area contributed by atoms with Crippen molar-refractivity contribution in [2.75, 3.05) is 34.4 Å². The van der Waals surface area contributed by atoms with E-state index in [0.29, 0.717) is 41.4 Å². The summed E-state index contributed by atoms with van der Waals surface area (Å²) in [6.45, 7) is 4.14. The van der Waals surface area contributed by atoms with Gasteiger partial charge < -0.3 is 19.8 Å². The van der Waals surface area contributed by atoms with Crippen LogP contribution < -0.4 is 14.5 Å². The molecule has 2 N–H and O–H groups in total. The van der Waals surface area contributed by atoms with Crippen molar-refractivity contribution in [2.45, 2.75) is 32.9 Å². The lowest BCUT2D eigenvalue weighted by Gasteiger charge is -2.31. The molecule has 0 spiro atoms. The highest BCUT2D eigenvalue weighted by Crippen LogP contribution is 2.31. The zero-order valence-electron chi connectivity index (χ0n) is 18.3. The zero-order chi connectivity index (χ0) is 23.5. The van der Waals surface area contributed by atoms with E-state index in [-0.39, 0.29) is 24.3 Å². The second kappa shape index (κ2) is 9.89. The van der Waals surface area contributed by atoms with Gasteiger partial charge in [-0.15, -0.1) is 0 Å². The van der Waals surface area contributed by atoms with E-state index >= 15 is 0 Å². The van der Waals surface area contributed by atoms with Crippen molar-refractivity contribution in [3.63, 3.8) is 0 Å². The van der Waals surface area contributed by atoms with Crippen molar-refractivity contribution in [1.29, 1.82) is 0 Å². The van der Waals surface area contributed by atoms with E-state index in [1.807, 2.05) is 4.90 Å². The Bertz CT molecular complexity index is 1130. The van der Waals surface area contributed by atoms with Crippen LogP contribution in [0.4, 0.5) is 16.2 Å². The molecule has 0 saturated carbocycles. The monoisotopic (exact) mass is 476 g/mol. The Labute approximate surface area is 192 Å². The van der Waals surface area contributed by atoms with Gasteiger partial charge in [-0.1, -0.05) is 12.1 Å². The first-order chi connectivity index (χ1) is 15.8. The Balaban J connectivity index is 1.78. The van der Waals surface area contributed by atoms with E-state index in [1.54, 1.807) is 12.1 Å². The predicted molar refractivity (Wildman–Crippen MR) is 122 cm³/mol. The van der Waals surface area contributed by atoms with Gasteiger partial charge in [0, 0.05) is 35.4 Å². The molecular formula is C21H25FN6O4S. The summed E-state index contributed by atoms with van der Waals surface area (Å²) in [7, 11) is -0.887. The minimum Gasteiger partial charge on any atom is -0.471 e. The average molecular weight is 477 g/mol. The van der Waals surface area contributed by atoms with Crippen LogP contribution in [-0.2, 0) is 17.4 Å². The van der Waals surface area contributed by atoms with Gasteiger partial charge in [0.1, 0.15) is 36.7 Å². The number of rotatable bonds is 7. The van der Waals surface area contributed by atoms with Crippen LogP contribution in [0, 0.1) is 5.82 Å². The molecule has 2 aromatic heterocycles. The maximum atomic E-state index is 13.2. The van der Waals surface area contributed by atoms with Crippen LogP contribution in [0.15, 0.2) is 30.6 Å². The summed E-state index contributed by atoms with van der Waals surface area (Å²) in [5, 5.41) is 20.5. The van der Waals surface area contributed by atoms with Crippen LogP contribution in [-0.4, -0.2) is 71.4 Å². The van der Waals surface area contributed by atoms with E-state index in [0.717, 1.165) is 5.56 Å². The first-order valence-corrected chi connectivity index (χ1v) is 12.0. The smallest absolute Gasteiger partial charge is 0.244 e. The third-order valence-electron chi connectivity index (χ3n) is 5.22. The molecule has 3 heterocycles. The van der Waals surface area contributed by atoms with Gasteiger partial charge in [-0.3, -0.25) is 9.11 Å². The first-order valence-electron chi connectivity index (χ1n) is 10.5. The molecule has 4 rings (SSSR count). The molecule has 3 aromatic rings. The summed E-state index contributed by atoms with van der Waals surface area (Å²) in [5.41, 5.74) is 1.48. The summed E-state index contributed by atoms with van der Waals surface area (Å²) in [6, 6.07) is 5.92. The molecule has 1 saturated heterocycles. The van der Waals surface area contributed by atoms with Crippen molar-refractivity contribution in [2.24, 2.45) is 0 Å². The molecule has 2 atom stereocenters. The highest BCUT2D eigenvalue weighted by molar-refractivity contribution is 7.85. The number of halogens is 1. The Morgan fingerprint density at radius 2 is 1.76 bits per heavy atom. The van der Waals surface area contributed by atoms with Crippen molar-refractivity contribution < 1.29 is 23.5 Å². The SMILES string of the molecule is CC(O)N(c1nc(N2CCS(=O)CC2)c2ncnc(OCc3ccc(F)cc3)c2n1)C(C)O. The van der Waals surface area contributed by atoms with Gasteiger partial charge in [0.2, 0.25) is 11.8 Å². The molecule has 0 radical (unpaired) electrons. The summed E-state index contributed by atoms with van der Waals surface area (Å²) in [4.78, 5) is 20.9. The molecule has 2 unspecified atom stereocenters. The van der Waals surface area contributed by atoms with E-state index in [1.165, 1.54) is 37.2 Å². The second-order valence-electron chi connectivity index (χ2n) is 7.64. The standard InChI is InChI=1S/C21H25FN6O4S/c1-13(29)28(14(2)30)21-25-18-17(19(26-21)27-7-9-33(31)10-8-27)23-12-24-20(18)32-11-15-3-5-16(22)6-4-15/h3-6,12-14,29-30H,7-11H2,1-2H3. The topological polar surface area (TPSA) is 125 Å². The Morgan fingerprint density at radius 1 is 1.09 bits per heavy atom. The molecule has 33 heavy (non-hydrogen) atoms. The third kappa shape index (κ3) is 5.18. The lowest BCUT2D eigenvalue weighted by Crippen LogP contribution is -2.42. The highest BCUT2D eigenvalue weighted by Gasteiger charge is 2.27. The summed E-state index contributed by atoms with van der Waals surface area (Å²) < 4.78 is 31.0. The van der Waals surface area contributed by atoms with Crippen LogP contribution in [0.3, 0.4) is 0 Å². The second-order valence-corrected chi connectivity index (χ2v) is 9.34. The van der Waals surface area contributed by atoms with Crippen LogP contribution in [0.2, 0.25) is 0 Å². The number of ether oxygens (including phenoxy) is 1. The predicted octanol–water partition coefficient (Wildman–Crippen LogP) is 1.19. The van der Waals surface area contributed by atoms with Gasteiger partial charge >= 0.3 is 0 Å². The molecular weight excluding hydrogens is 451 g/mol. The minimum atomic E-state index is -1.07. The van der Waals surface area contributed by atoms with E-state index in [4.69, 9.17) is 4.74 Å². The maximum Gasteiger partial charge on any atom is 0.244 e. The molecule has 0 amide bonds. The largest absolute Gasteiger partial charge is 0.471 e. The summed E-state index contributed by atoms with van der Waals surface area (Å²) >= 11 is 0. The summed E-state index contributed by atoms with van der Waals surface area (Å²) in [6.07, 6.45) is -0.798. The average Bonchev–Trinajstić information content (AvgIpc) is 2.78. The Hall–Kier alpha value is -2.96. The fourth-order valence-electron chi connectivity index (χ4n) is 3.57. The van der Waals surface area contributed by atoms with Gasteiger partial charge in [0.15, 0.2) is 11.3 Å². The van der Waals surface area contributed by atoms with Crippen molar-refractivity contribution in [3.05, 3.63) is 42.0 Å². The van der Waals surface area contributed by atoms with Gasteiger partial charge in [-0.05, 0) is 31.5 Å². The molecule has 0 aliphatic carbocycles. The van der Waals surface area contributed by atoms with Crippen molar-refractivity contribution in [3.8, 4) is 5.88 Å². The molecule has 1 aromatic carbocycles. The number of hydrogen-bond acceptors (Lipinski definition) is 10.